The molecule has 0 radical (unpaired) electrons. The van der Waals surface area contributed by atoms with Crippen LogP contribution in [0.25, 0.3) is 10.9 Å². The van der Waals surface area contributed by atoms with Gasteiger partial charge in [-0.15, -0.1) is 0 Å². The molecule has 0 spiro atoms. The van der Waals surface area contributed by atoms with Gasteiger partial charge in [0.05, 0.1) is 23.3 Å². The Bertz CT molecular complexity index is 711. The Morgan fingerprint density at radius 3 is 2.90 bits per heavy atom. The number of ether oxygens (including phenoxy) is 1. The quantitative estimate of drug-likeness (QED) is 0.905. The fourth-order valence-electron chi connectivity index (χ4n) is 3.61. The second-order valence-corrected chi connectivity index (χ2v) is 6.35. The molecule has 20 heavy (non-hydrogen) atoms. The molecule has 1 aliphatic heterocycles. The Labute approximate surface area is 116 Å². The summed E-state index contributed by atoms with van der Waals surface area (Å²) in [5.74, 6) is -0.407. The smallest absolute Gasteiger partial charge is 0.248 e. The minimum absolute atomic E-state index is 0.0104. The highest BCUT2D eigenvalue weighted by Crippen LogP contribution is 2.51. The Kier molecular flexibility index (Phi) is 2.15. The van der Waals surface area contributed by atoms with Crippen LogP contribution in [-0.2, 0) is 10.3 Å². The first-order valence-electron chi connectivity index (χ1n) is 6.94. The first-order chi connectivity index (χ1) is 9.50. The minimum Gasteiger partial charge on any atom is -0.373 e. The first kappa shape index (κ1) is 11.9. The number of fused-ring (bicyclic) bond motifs is 3. The van der Waals surface area contributed by atoms with Gasteiger partial charge in [0, 0.05) is 23.6 Å². The van der Waals surface area contributed by atoms with E-state index in [0.29, 0.717) is 5.56 Å². The highest BCUT2D eigenvalue weighted by Gasteiger charge is 2.54. The van der Waals surface area contributed by atoms with E-state index in [1.165, 1.54) is 0 Å². The molecule has 1 amide bonds. The van der Waals surface area contributed by atoms with Crippen LogP contribution in [0.15, 0.2) is 24.4 Å². The van der Waals surface area contributed by atoms with Gasteiger partial charge in [0.15, 0.2) is 0 Å². The lowest BCUT2D eigenvalue weighted by atomic mass is 9.99. The summed E-state index contributed by atoms with van der Waals surface area (Å²) in [6.07, 6.45) is 5.20. The third-order valence-corrected chi connectivity index (χ3v) is 4.79. The van der Waals surface area contributed by atoms with Crippen molar-refractivity contribution in [2.75, 3.05) is 6.61 Å². The van der Waals surface area contributed by atoms with E-state index >= 15 is 0 Å². The van der Waals surface area contributed by atoms with Gasteiger partial charge in [-0.3, -0.25) is 9.48 Å². The SMILES string of the molecule is C[C@@]12CC[C@@](n3cc4cc(C(N)=O)ccc4n3)(CO1)C2. The van der Waals surface area contributed by atoms with Crippen LogP contribution < -0.4 is 5.73 Å². The molecule has 104 valence electrons. The molecule has 1 saturated heterocycles. The molecule has 1 aromatic carbocycles. The van der Waals surface area contributed by atoms with Gasteiger partial charge in [-0.2, -0.15) is 5.10 Å². The number of rotatable bonds is 2. The maximum Gasteiger partial charge on any atom is 0.248 e. The molecule has 2 aliphatic rings. The average Bonchev–Trinajstić information content (AvgIpc) is 3.07. The van der Waals surface area contributed by atoms with E-state index in [1.54, 1.807) is 6.07 Å². The molecule has 2 N–H and O–H groups in total. The predicted molar refractivity (Wildman–Crippen MR) is 74.4 cm³/mol. The molecule has 5 nitrogen and oxygen atoms in total. The number of benzene rings is 1. The number of primary amides is 1. The highest BCUT2D eigenvalue weighted by atomic mass is 16.5. The summed E-state index contributed by atoms with van der Waals surface area (Å²) < 4.78 is 7.96. The zero-order valence-corrected chi connectivity index (χ0v) is 11.4. The lowest BCUT2D eigenvalue weighted by molar-refractivity contribution is -0.0149. The maximum absolute atomic E-state index is 11.3. The number of carbonyl (C=O) groups excluding carboxylic acids is 1. The molecule has 1 aliphatic carbocycles. The highest BCUT2D eigenvalue weighted by molar-refractivity contribution is 5.96. The van der Waals surface area contributed by atoms with Gasteiger partial charge in [0.1, 0.15) is 0 Å². The number of nitrogens with zero attached hydrogens (tertiary/aromatic N) is 2. The molecule has 2 bridgehead atoms. The van der Waals surface area contributed by atoms with Crippen molar-refractivity contribution in [2.24, 2.45) is 5.73 Å². The summed E-state index contributed by atoms with van der Waals surface area (Å²) >= 11 is 0. The third-order valence-electron chi connectivity index (χ3n) is 4.79. The maximum atomic E-state index is 11.3. The first-order valence-corrected chi connectivity index (χ1v) is 6.94. The van der Waals surface area contributed by atoms with E-state index in [0.717, 1.165) is 36.8 Å². The number of hydrogen-bond acceptors (Lipinski definition) is 3. The lowest BCUT2D eigenvalue weighted by Crippen LogP contribution is -2.33. The number of amides is 1. The Hall–Kier alpha value is -1.88. The number of nitrogens with two attached hydrogens (primary N) is 1. The zero-order chi connectivity index (χ0) is 14.0. The minimum atomic E-state index is -0.407. The van der Waals surface area contributed by atoms with Gasteiger partial charge < -0.3 is 10.5 Å². The van der Waals surface area contributed by atoms with Crippen LogP contribution in [0.4, 0.5) is 0 Å². The predicted octanol–water partition coefficient (Wildman–Crippen LogP) is 1.80. The second kappa shape index (κ2) is 3.61. The van der Waals surface area contributed by atoms with Crippen molar-refractivity contribution in [3.63, 3.8) is 0 Å². The largest absolute Gasteiger partial charge is 0.373 e. The van der Waals surface area contributed by atoms with Crippen LogP contribution >= 0.6 is 0 Å². The van der Waals surface area contributed by atoms with Crippen LogP contribution in [0, 0.1) is 0 Å². The molecule has 2 heterocycles. The molecule has 2 aromatic rings. The number of hydrogen-bond donors (Lipinski definition) is 1. The fraction of sp³-hybridized carbons (Fsp3) is 0.467. The van der Waals surface area contributed by atoms with E-state index in [-0.39, 0.29) is 11.1 Å². The lowest BCUT2D eigenvalue weighted by Gasteiger charge is -2.26. The summed E-state index contributed by atoms with van der Waals surface area (Å²) in [5.41, 5.74) is 6.74. The zero-order valence-electron chi connectivity index (χ0n) is 11.4. The van der Waals surface area contributed by atoms with Crippen molar-refractivity contribution in [3.05, 3.63) is 30.0 Å². The summed E-state index contributed by atoms with van der Waals surface area (Å²) in [6, 6.07) is 5.39. The standard InChI is InChI=1S/C15H17N3O2/c1-14-4-5-15(8-14,9-20-14)18-7-11-6-10(13(16)19)2-3-12(11)17-18/h2-3,6-7H,4-5,8-9H2,1H3,(H2,16,19)/t14-,15-/m0/s1. The van der Waals surface area contributed by atoms with Gasteiger partial charge in [0.25, 0.3) is 0 Å². The van der Waals surface area contributed by atoms with Gasteiger partial charge >= 0.3 is 0 Å². The van der Waals surface area contributed by atoms with Crippen LogP contribution in [0.1, 0.15) is 36.5 Å². The molecular formula is C15H17N3O2. The Morgan fingerprint density at radius 2 is 2.30 bits per heavy atom. The average molecular weight is 271 g/mol. The van der Waals surface area contributed by atoms with E-state index in [4.69, 9.17) is 10.5 Å². The van der Waals surface area contributed by atoms with E-state index in [2.05, 4.69) is 12.0 Å². The molecule has 4 rings (SSSR count). The Morgan fingerprint density at radius 1 is 1.45 bits per heavy atom. The topological polar surface area (TPSA) is 70.1 Å². The summed E-state index contributed by atoms with van der Waals surface area (Å²) in [7, 11) is 0. The molecule has 1 aromatic heterocycles. The third kappa shape index (κ3) is 1.53. The van der Waals surface area contributed by atoms with Crippen molar-refractivity contribution in [3.8, 4) is 0 Å². The van der Waals surface area contributed by atoms with E-state index in [1.807, 2.05) is 23.0 Å². The van der Waals surface area contributed by atoms with Crippen molar-refractivity contribution in [1.29, 1.82) is 0 Å². The Balaban J connectivity index is 1.80. The van der Waals surface area contributed by atoms with Crippen LogP contribution in [0.3, 0.4) is 0 Å². The summed E-state index contributed by atoms with van der Waals surface area (Å²) in [4.78, 5) is 11.3. The number of aromatic nitrogens is 2. The van der Waals surface area contributed by atoms with Gasteiger partial charge in [-0.1, -0.05) is 0 Å². The molecule has 1 saturated carbocycles. The van der Waals surface area contributed by atoms with E-state index < -0.39 is 5.91 Å². The summed E-state index contributed by atoms with van der Waals surface area (Å²) in [6.45, 7) is 2.90. The molecule has 0 unspecified atom stereocenters. The van der Waals surface area contributed by atoms with Crippen LogP contribution in [0.5, 0.6) is 0 Å². The number of carbonyl (C=O) groups is 1. The fourth-order valence-corrected chi connectivity index (χ4v) is 3.61. The van der Waals surface area contributed by atoms with Crippen molar-refractivity contribution < 1.29 is 9.53 Å². The van der Waals surface area contributed by atoms with Crippen molar-refractivity contribution in [2.45, 2.75) is 37.3 Å². The van der Waals surface area contributed by atoms with Gasteiger partial charge in [-0.25, -0.2) is 0 Å². The molecule has 5 heteroatoms. The van der Waals surface area contributed by atoms with Crippen molar-refractivity contribution >= 4 is 16.8 Å². The van der Waals surface area contributed by atoms with Gasteiger partial charge in [0.2, 0.25) is 5.91 Å². The van der Waals surface area contributed by atoms with Crippen LogP contribution in [-0.4, -0.2) is 27.9 Å². The summed E-state index contributed by atoms with van der Waals surface area (Å²) in [5, 5.41) is 5.64. The molecule has 2 fully saturated rings. The molecular weight excluding hydrogens is 254 g/mol. The molecule has 2 atom stereocenters. The van der Waals surface area contributed by atoms with Crippen LogP contribution in [0.2, 0.25) is 0 Å². The van der Waals surface area contributed by atoms with Gasteiger partial charge in [-0.05, 0) is 38.0 Å². The van der Waals surface area contributed by atoms with E-state index in [9.17, 15) is 4.79 Å². The monoisotopic (exact) mass is 271 g/mol. The second-order valence-electron chi connectivity index (χ2n) is 6.35. The van der Waals surface area contributed by atoms with Crippen molar-refractivity contribution in [1.82, 2.24) is 9.78 Å². The normalized spacial score (nSPS) is 32.0.